The van der Waals surface area contributed by atoms with Crippen LogP contribution in [0.5, 0.6) is 0 Å². The first-order valence-corrected chi connectivity index (χ1v) is 41.6. The lowest BCUT2D eigenvalue weighted by Crippen LogP contribution is -2.64. The van der Waals surface area contributed by atoms with Crippen LogP contribution in [-0.4, -0.2) is 350 Å². The third-order valence-electron chi connectivity index (χ3n) is 19.6. The standard InChI is InChI=1S/C77H132N12O31/c1-49(93)85-64-70(108)67(105)52(43-90)118-73(64)114-38-15-12-22-55(96)78-30-18-32-81-59(100)28-41-112-46-77(88-61(102)25-11-9-7-5-4-6-8-10-21-58(99)83-36-37-89-62(103)26-27-63(89)104,48-117-76(111)84-35-20-34-80-57(98)24-14-17-40-116-75-66(87-51(3)95)72(110)69(107)54(45-92)120-75)47-113-42-29-60(101)82-33-19-31-79-56(97)23-13-16-39-115-74-65(86-50(2)94)71(109)68(106)53(44-91)119-74/h26-27,52-54,64-75,90-92,105-110H,4-25,28-48H2,1-3H3,(H,78,96)(H,79,97)(H,80,98)(H,81,100)(H,82,101)(H,83,99)(H,84,111)(H,85,93)(H,86,94)(H,87,95)(H,88,102)/t52-,53-,54-,64-,65-,66-,67+,68+,69+,70-,71-,72-,73-,74-,75-/m1/s1. The Morgan fingerprint density at radius 1 is 0.358 bits per heavy atom. The molecule has 0 bridgehead atoms. The van der Waals surface area contributed by atoms with E-state index < -0.39 is 177 Å². The molecule has 0 aromatic heterocycles. The number of hydrogen-bond donors (Lipinski definition) is 20. The number of imide groups is 1. The first-order valence-electron chi connectivity index (χ1n) is 41.6. The van der Waals surface area contributed by atoms with E-state index in [1.165, 1.54) is 32.9 Å². The van der Waals surface area contributed by atoms with Crippen molar-refractivity contribution in [2.75, 3.05) is 125 Å². The van der Waals surface area contributed by atoms with Crippen LogP contribution in [0.3, 0.4) is 0 Å². The molecular weight excluding hydrogens is 1590 g/mol. The SMILES string of the molecule is CC(=O)N[C@H]1[C@H](OCCCCC(=O)NCCCNC(=O)CCOCC(COCCC(=O)NCCCNC(=O)CCCCO[C@@H]2O[C@H](CO)[C@H](O)[C@H](O)[C@H]2NC(C)=O)(COC(=O)NCCCNC(=O)CCCCO[C@@H]2O[C@H](CO)[C@H](O)[C@H](O)[C@H]2NC(C)=O)NC(=O)CCCCCCCCCCC(=O)NCCN2C(=O)C=CC2=O)O[C@H](CO)[C@H](O)[C@@H]1O. The number of nitrogens with zero attached hydrogens (tertiary/aromatic N) is 1. The summed E-state index contributed by atoms with van der Waals surface area (Å²) < 4.78 is 51.7. The maximum Gasteiger partial charge on any atom is 0.407 e. The Bertz CT molecular complexity index is 3030. The van der Waals surface area contributed by atoms with Crippen molar-refractivity contribution in [2.45, 2.75) is 272 Å². The van der Waals surface area contributed by atoms with Crippen LogP contribution in [0.2, 0.25) is 0 Å². The second-order valence-electron chi connectivity index (χ2n) is 29.9. The number of ether oxygens (including phenoxy) is 9. The van der Waals surface area contributed by atoms with Crippen LogP contribution in [0, 0.1) is 0 Å². The first-order chi connectivity index (χ1) is 57.5. The first kappa shape index (κ1) is 105. The maximum atomic E-state index is 14.0. The summed E-state index contributed by atoms with van der Waals surface area (Å²) in [6, 6.07) is -3.34. The topological polar surface area (TPSA) is 623 Å². The summed E-state index contributed by atoms with van der Waals surface area (Å²) >= 11 is 0. The Kier molecular flexibility index (Phi) is 52.1. The minimum atomic E-state index is -1.61. The van der Waals surface area contributed by atoms with Gasteiger partial charge in [0.15, 0.2) is 18.9 Å². The number of alkyl carbamates (subject to hydrolysis) is 1. The van der Waals surface area contributed by atoms with Crippen LogP contribution in [-0.2, 0) is 100 Å². The fraction of sp³-hybridized carbons (Fsp3) is 0.805. The second kappa shape index (κ2) is 59.8. The molecule has 0 spiro atoms. The minimum absolute atomic E-state index is 0.0254. The number of nitrogens with one attached hydrogen (secondary N) is 11. The summed E-state index contributed by atoms with van der Waals surface area (Å²) in [4.78, 5) is 164. The van der Waals surface area contributed by atoms with E-state index in [1.54, 1.807) is 0 Å². The molecule has 3 fully saturated rings. The van der Waals surface area contributed by atoms with Crippen molar-refractivity contribution < 1.29 is 151 Å². The van der Waals surface area contributed by atoms with Gasteiger partial charge < -0.3 is 147 Å². The Morgan fingerprint density at radius 2 is 0.650 bits per heavy atom. The normalized spacial score (nSPS) is 23.4. The molecule has 43 heteroatoms. The van der Waals surface area contributed by atoms with E-state index in [2.05, 4.69) is 58.5 Å². The van der Waals surface area contributed by atoms with Gasteiger partial charge in [-0.1, -0.05) is 38.5 Å². The van der Waals surface area contributed by atoms with E-state index in [0.29, 0.717) is 77.0 Å². The summed E-state index contributed by atoms with van der Waals surface area (Å²) in [6.07, 6.45) is -4.88. The summed E-state index contributed by atoms with van der Waals surface area (Å²) in [5.74, 6) is -4.68. The molecule has 13 amide bonds. The van der Waals surface area contributed by atoms with Crippen molar-refractivity contribution >= 4 is 77.0 Å². The summed E-state index contributed by atoms with van der Waals surface area (Å²) in [5, 5.41) is 121. The van der Waals surface area contributed by atoms with Crippen LogP contribution in [0.25, 0.3) is 0 Å². The van der Waals surface area contributed by atoms with Crippen molar-refractivity contribution in [3.05, 3.63) is 12.2 Å². The van der Waals surface area contributed by atoms with Gasteiger partial charge >= 0.3 is 6.09 Å². The van der Waals surface area contributed by atoms with Gasteiger partial charge in [0.2, 0.25) is 59.1 Å². The van der Waals surface area contributed by atoms with E-state index in [9.17, 15) is 108 Å². The van der Waals surface area contributed by atoms with Gasteiger partial charge in [0.25, 0.3) is 11.8 Å². The Labute approximate surface area is 698 Å². The molecule has 686 valence electrons. The molecule has 0 aromatic rings. The van der Waals surface area contributed by atoms with Crippen LogP contribution in [0.15, 0.2) is 12.2 Å². The van der Waals surface area contributed by atoms with Gasteiger partial charge in [0.1, 0.15) is 85.2 Å². The van der Waals surface area contributed by atoms with Crippen LogP contribution in [0.4, 0.5) is 4.79 Å². The maximum absolute atomic E-state index is 14.0. The molecule has 0 aliphatic carbocycles. The molecule has 3 saturated heterocycles. The van der Waals surface area contributed by atoms with Crippen LogP contribution < -0.4 is 58.5 Å². The van der Waals surface area contributed by atoms with Crippen molar-refractivity contribution in [1.82, 2.24) is 63.4 Å². The molecule has 43 nitrogen and oxygen atoms in total. The van der Waals surface area contributed by atoms with Crippen molar-refractivity contribution in [3.63, 3.8) is 0 Å². The fourth-order valence-corrected chi connectivity index (χ4v) is 13.0. The molecule has 0 radical (unpaired) electrons. The number of unbranched alkanes of at least 4 members (excludes halogenated alkanes) is 10. The average Bonchev–Trinajstić information content (AvgIpc) is 1.20. The Hall–Kier alpha value is -7.83. The van der Waals surface area contributed by atoms with Gasteiger partial charge in [-0.25, -0.2) is 4.79 Å². The molecule has 0 unspecified atom stereocenters. The zero-order valence-electron chi connectivity index (χ0n) is 69.2. The van der Waals surface area contributed by atoms with Crippen molar-refractivity contribution in [1.29, 1.82) is 0 Å². The van der Waals surface area contributed by atoms with Crippen molar-refractivity contribution in [3.8, 4) is 0 Å². The van der Waals surface area contributed by atoms with Crippen molar-refractivity contribution in [2.24, 2.45) is 0 Å². The Balaban J connectivity index is 1.31. The molecule has 4 aliphatic rings. The highest BCUT2D eigenvalue weighted by Gasteiger charge is 2.48. The quantitative estimate of drug-likeness (QED) is 0.0199. The largest absolute Gasteiger partial charge is 0.447 e. The highest BCUT2D eigenvalue weighted by atomic mass is 16.7. The molecule has 20 N–H and O–H groups in total. The lowest BCUT2D eigenvalue weighted by Gasteiger charge is -2.42. The summed E-state index contributed by atoms with van der Waals surface area (Å²) in [7, 11) is 0. The molecule has 0 saturated carbocycles. The zero-order valence-corrected chi connectivity index (χ0v) is 69.2. The number of aliphatic hydroxyl groups is 9. The monoisotopic (exact) mass is 1720 g/mol. The van der Waals surface area contributed by atoms with E-state index >= 15 is 0 Å². The fourth-order valence-electron chi connectivity index (χ4n) is 13.0. The van der Waals surface area contributed by atoms with Gasteiger partial charge in [-0.15, -0.1) is 0 Å². The number of aliphatic hydroxyl groups excluding tert-OH is 9. The molecule has 15 atom stereocenters. The molecule has 4 aliphatic heterocycles. The second-order valence-corrected chi connectivity index (χ2v) is 29.9. The van der Waals surface area contributed by atoms with Gasteiger partial charge in [-0.2, -0.15) is 0 Å². The lowest BCUT2D eigenvalue weighted by molar-refractivity contribution is -0.270. The highest BCUT2D eigenvalue weighted by Crippen LogP contribution is 2.26. The lowest BCUT2D eigenvalue weighted by atomic mass is 9.97. The summed E-state index contributed by atoms with van der Waals surface area (Å²) in [5.41, 5.74) is -1.61. The molecule has 4 heterocycles. The van der Waals surface area contributed by atoms with Crippen LogP contribution in [0.1, 0.15) is 175 Å². The predicted octanol–water partition coefficient (Wildman–Crippen LogP) is -5.53. The van der Waals surface area contributed by atoms with Gasteiger partial charge in [-0.3, -0.25) is 62.4 Å². The number of amides is 13. The third-order valence-corrected chi connectivity index (χ3v) is 19.6. The number of carbonyl (C=O) groups excluding carboxylic acids is 13. The predicted molar refractivity (Wildman–Crippen MR) is 421 cm³/mol. The van der Waals surface area contributed by atoms with E-state index in [4.69, 9.17) is 42.6 Å². The number of rotatable bonds is 63. The molecule has 4 rings (SSSR count). The minimum Gasteiger partial charge on any atom is -0.447 e. The smallest absolute Gasteiger partial charge is 0.407 e. The Morgan fingerprint density at radius 3 is 0.975 bits per heavy atom. The summed E-state index contributed by atoms with van der Waals surface area (Å²) in [6.45, 7) is 1.52. The molecule has 0 aromatic carbocycles. The van der Waals surface area contributed by atoms with Gasteiger partial charge in [-0.05, 0) is 70.6 Å². The third kappa shape index (κ3) is 41.8. The van der Waals surface area contributed by atoms with E-state index in [1.807, 2.05) is 0 Å². The number of carbonyl (C=O) groups is 13. The van der Waals surface area contributed by atoms with E-state index in [0.717, 1.165) is 37.0 Å². The average molecular weight is 1720 g/mol. The highest BCUT2D eigenvalue weighted by molar-refractivity contribution is 6.12. The van der Waals surface area contributed by atoms with Gasteiger partial charge in [0, 0.05) is 150 Å². The molecular formula is C77H132N12O31. The molecule has 120 heavy (non-hydrogen) atoms. The van der Waals surface area contributed by atoms with Gasteiger partial charge in [0.05, 0.1) is 46.2 Å². The van der Waals surface area contributed by atoms with E-state index in [-0.39, 0.29) is 167 Å². The number of hydrogen-bond acceptors (Lipinski definition) is 31. The van der Waals surface area contributed by atoms with Crippen LogP contribution >= 0.6 is 0 Å². The zero-order chi connectivity index (χ0) is 88.2.